The smallest absolute Gasteiger partial charge is 0.139 e. The normalized spacial score (nSPS) is 11.7. The van der Waals surface area contributed by atoms with Crippen LogP contribution in [0, 0.1) is 11.3 Å². The van der Waals surface area contributed by atoms with E-state index in [9.17, 15) is 5.26 Å². The highest BCUT2D eigenvalue weighted by Crippen LogP contribution is 2.30. The molecule has 1 aromatic carbocycles. The summed E-state index contributed by atoms with van der Waals surface area (Å²) in [6.45, 7) is 0.759. The van der Waals surface area contributed by atoms with E-state index in [1.165, 1.54) is 0 Å². The standard InChI is InChI=1S/C16H17ClN4O/c1-20-6-5-14(11-4-7-21-16(19)8-11)22-15-9-13(17)3-2-12(15)10-18/h2-4,7-9,14,20H,5-6H2,1H3,(H2,19,21)/t14-/m1/s1. The third-order valence-electron chi connectivity index (χ3n) is 3.17. The van der Waals surface area contributed by atoms with Gasteiger partial charge in [-0.25, -0.2) is 4.98 Å². The van der Waals surface area contributed by atoms with E-state index >= 15 is 0 Å². The zero-order valence-corrected chi connectivity index (χ0v) is 13.0. The fourth-order valence-electron chi connectivity index (χ4n) is 2.07. The van der Waals surface area contributed by atoms with E-state index in [0.29, 0.717) is 22.2 Å². The molecule has 2 rings (SSSR count). The molecule has 1 atom stereocenters. The van der Waals surface area contributed by atoms with Crippen LogP contribution in [0.1, 0.15) is 23.7 Å². The number of nitriles is 1. The minimum Gasteiger partial charge on any atom is -0.484 e. The maximum absolute atomic E-state index is 9.20. The highest BCUT2D eigenvalue weighted by atomic mass is 35.5. The van der Waals surface area contributed by atoms with Crippen LogP contribution in [0.3, 0.4) is 0 Å². The number of halogens is 1. The minimum absolute atomic E-state index is 0.247. The SMILES string of the molecule is CNCC[C@@H](Oc1cc(Cl)ccc1C#N)c1ccnc(N)c1. The molecule has 0 radical (unpaired) electrons. The Hall–Kier alpha value is -2.29. The Kier molecular flexibility index (Phi) is 5.59. The van der Waals surface area contributed by atoms with Crippen molar-refractivity contribution < 1.29 is 4.74 Å². The zero-order chi connectivity index (χ0) is 15.9. The second-order valence-corrected chi connectivity index (χ2v) is 5.20. The Morgan fingerprint density at radius 2 is 2.23 bits per heavy atom. The Morgan fingerprint density at radius 1 is 1.41 bits per heavy atom. The van der Waals surface area contributed by atoms with Gasteiger partial charge in [-0.15, -0.1) is 0 Å². The third kappa shape index (κ3) is 4.10. The molecule has 6 heteroatoms. The average molecular weight is 317 g/mol. The fraction of sp³-hybridized carbons (Fsp3) is 0.250. The molecular formula is C16H17ClN4O. The first-order valence-corrected chi connectivity index (χ1v) is 7.24. The Balaban J connectivity index is 2.31. The fourth-order valence-corrected chi connectivity index (χ4v) is 2.24. The largest absolute Gasteiger partial charge is 0.484 e. The van der Waals surface area contributed by atoms with Crippen LogP contribution in [0.2, 0.25) is 5.02 Å². The van der Waals surface area contributed by atoms with E-state index in [-0.39, 0.29) is 6.10 Å². The molecule has 0 spiro atoms. The summed E-state index contributed by atoms with van der Waals surface area (Å²) in [5, 5.41) is 12.8. The molecule has 0 aliphatic carbocycles. The zero-order valence-electron chi connectivity index (χ0n) is 12.2. The van der Waals surface area contributed by atoms with Gasteiger partial charge in [-0.3, -0.25) is 0 Å². The van der Waals surface area contributed by atoms with Gasteiger partial charge in [0.25, 0.3) is 0 Å². The topological polar surface area (TPSA) is 84.0 Å². The van der Waals surface area contributed by atoms with Gasteiger partial charge in [0, 0.05) is 23.7 Å². The van der Waals surface area contributed by atoms with Crippen molar-refractivity contribution in [1.82, 2.24) is 10.3 Å². The highest BCUT2D eigenvalue weighted by Gasteiger charge is 2.16. The van der Waals surface area contributed by atoms with Gasteiger partial charge >= 0.3 is 0 Å². The number of aromatic nitrogens is 1. The molecule has 3 N–H and O–H groups in total. The average Bonchev–Trinajstić information content (AvgIpc) is 2.51. The minimum atomic E-state index is -0.247. The summed E-state index contributed by atoms with van der Waals surface area (Å²) >= 11 is 6.00. The van der Waals surface area contributed by atoms with Crippen molar-refractivity contribution in [3.05, 3.63) is 52.7 Å². The van der Waals surface area contributed by atoms with Gasteiger partial charge in [0.05, 0.1) is 5.56 Å². The summed E-state index contributed by atoms with van der Waals surface area (Å²) in [6.07, 6.45) is 2.12. The number of nitrogens with one attached hydrogen (secondary N) is 1. The van der Waals surface area contributed by atoms with E-state index in [1.54, 1.807) is 30.5 Å². The van der Waals surface area contributed by atoms with Crippen molar-refractivity contribution in [2.75, 3.05) is 19.3 Å². The number of nitrogen functional groups attached to an aromatic ring is 1. The lowest BCUT2D eigenvalue weighted by atomic mass is 10.1. The van der Waals surface area contributed by atoms with Crippen LogP contribution < -0.4 is 15.8 Å². The Bertz CT molecular complexity index is 684. The predicted octanol–water partition coefficient (Wildman–Crippen LogP) is 2.92. The first-order valence-electron chi connectivity index (χ1n) is 6.86. The molecule has 0 bridgehead atoms. The summed E-state index contributed by atoms with van der Waals surface area (Å²) in [4.78, 5) is 3.99. The van der Waals surface area contributed by atoms with Gasteiger partial charge in [0.1, 0.15) is 23.7 Å². The van der Waals surface area contributed by atoms with Crippen LogP contribution in [0.15, 0.2) is 36.5 Å². The molecule has 0 saturated carbocycles. The predicted molar refractivity (Wildman–Crippen MR) is 86.7 cm³/mol. The highest BCUT2D eigenvalue weighted by molar-refractivity contribution is 6.30. The maximum Gasteiger partial charge on any atom is 0.139 e. The van der Waals surface area contributed by atoms with E-state index in [2.05, 4.69) is 16.4 Å². The van der Waals surface area contributed by atoms with Gasteiger partial charge in [-0.2, -0.15) is 5.26 Å². The summed E-state index contributed by atoms with van der Waals surface area (Å²) in [7, 11) is 1.87. The number of hydrogen-bond acceptors (Lipinski definition) is 5. The molecule has 2 aromatic rings. The number of nitrogens with two attached hydrogens (primary N) is 1. The molecule has 0 unspecified atom stereocenters. The van der Waals surface area contributed by atoms with Crippen molar-refractivity contribution in [2.24, 2.45) is 0 Å². The molecule has 0 aliphatic rings. The van der Waals surface area contributed by atoms with E-state index in [4.69, 9.17) is 22.1 Å². The molecule has 0 aliphatic heterocycles. The van der Waals surface area contributed by atoms with Crippen LogP contribution in [0.5, 0.6) is 5.75 Å². The van der Waals surface area contributed by atoms with Crippen molar-refractivity contribution in [3.8, 4) is 11.8 Å². The van der Waals surface area contributed by atoms with E-state index < -0.39 is 0 Å². The quantitative estimate of drug-likeness (QED) is 0.856. The molecule has 1 heterocycles. The molecule has 0 amide bonds. The second kappa shape index (κ2) is 7.64. The van der Waals surface area contributed by atoms with Crippen LogP contribution >= 0.6 is 11.6 Å². The summed E-state index contributed by atoms with van der Waals surface area (Å²) < 4.78 is 6.03. The van der Waals surface area contributed by atoms with E-state index in [1.807, 2.05) is 13.1 Å². The number of pyridine rings is 1. The second-order valence-electron chi connectivity index (χ2n) is 4.77. The van der Waals surface area contributed by atoms with Gasteiger partial charge in [0.15, 0.2) is 0 Å². The number of nitrogens with zero attached hydrogens (tertiary/aromatic N) is 2. The van der Waals surface area contributed by atoms with Crippen LogP contribution in [-0.4, -0.2) is 18.6 Å². The van der Waals surface area contributed by atoms with E-state index in [0.717, 1.165) is 18.5 Å². The number of hydrogen-bond donors (Lipinski definition) is 2. The van der Waals surface area contributed by atoms with Crippen LogP contribution in [0.4, 0.5) is 5.82 Å². The monoisotopic (exact) mass is 316 g/mol. The molecular weight excluding hydrogens is 300 g/mol. The van der Waals surface area contributed by atoms with Crippen molar-refractivity contribution >= 4 is 17.4 Å². The number of ether oxygens (including phenoxy) is 1. The number of anilines is 1. The van der Waals surface area contributed by atoms with Gasteiger partial charge in [-0.05, 0) is 43.4 Å². The molecule has 1 aromatic heterocycles. The Labute approximate surface area is 134 Å². The third-order valence-corrected chi connectivity index (χ3v) is 3.40. The molecule has 0 saturated heterocycles. The van der Waals surface area contributed by atoms with Gasteiger partial charge in [0.2, 0.25) is 0 Å². The lowest BCUT2D eigenvalue weighted by molar-refractivity contribution is 0.194. The maximum atomic E-state index is 9.20. The Morgan fingerprint density at radius 3 is 2.91 bits per heavy atom. The number of benzene rings is 1. The first-order chi connectivity index (χ1) is 10.6. The van der Waals surface area contributed by atoms with Crippen LogP contribution in [0.25, 0.3) is 0 Å². The summed E-state index contributed by atoms with van der Waals surface area (Å²) in [5.74, 6) is 0.897. The van der Waals surface area contributed by atoms with Gasteiger partial charge in [-0.1, -0.05) is 11.6 Å². The lowest BCUT2D eigenvalue weighted by Crippen LogP contribution is -2.17. The summed E-state index contributed by atoms with van der Waals surface area (Å²) in [5.41, 5.74) is 7.10. The van der Waals surface area contributed by atoms with Crippen molar-refractivity contribution in [2.45, 2.75) is 12.5 Å². The molecule has 5 nitrogen and oxygen atoms in total. The molecule has 22 heavy (non-hydrogen) atoms. The number of rotatable bonds is 6. The van der Waals surface area contributed by atoms with Gasteiger partial charge < -0.3 is 15.8 Å². The van der Waals surface area contributed by atoms with Crippen LogP contribution in [-0.2, 0) is 0 Å². The first kappa shape index (κ1) is 16.1. The summed E-state index contributed by atoms with van der Waals surface area (Å²) in [6, 6.07) is 10.7. The van der Waals surface area contributed by atoms with Crippen molar-refractivity contribution in [1.29, 1.82) is 5.26 Å². The molecule has 0 fully saturated rings. The molecule has 114 valence electrons. The van der Waals surface area contributed by atoms with Crippen molar-refractivity contribution in [3.63, 3.8) is 0 Å². The lowest BCUT2D eigenvalue weighted by Gasteiger charge is -2.20.